The minimum Gasteiger partial charge on any atom is -0.395 e. The van der Waals surface area contributed by atoms with E-state index in [0.29, 0.717) is 0 Å². The number of hydrogen-bond donors (Lipinski definition) is 1. The number of fused-ring (bicyclic) bond motifs is 2. The van der Waals surface area contributed by atoms with E-state index in [1.165, 1.54) is 41.6 Å². The summed E-state index contributed by atoms with van der Waals surface area (Å²) in [6.07, 6.45) is 6.58. The van der Waals surface area contributed by atoms with Crippen LogP contribution in [0.4, 0.5) is 0 Å². The van der Waals surface area contributed by atoms with E-state index in [0.717, 1.165) is 26.1 Å². The van der Waals surface area contributed by atoms with E-state index in [1.807, 2.05) is 6.20 Å². The molecular formula is C18H23N3O. The van der Waals surface area contributed by atoms with Gasteiger partial charge in [-0.2, -0.15) is 5.10 Å². The average Bonchev–Trinajstić information content (AvgIpc) is 3.13. The summed E-state index contributed by atoms with van der Waals surface area (Å²) >= 11 is 0. The second kappa shape index (κ2) is 5.86. The zero-order valence-corrected chi connectivity index (χ0v) is 12.9. The van der Waals surface area contributed by atoms with E-state index in [-0.39, 0.29) is 12.6 Å². The Morgan fingerprint density at radius 1 is 1.18 bits per heavy atom. The van der Waals surface area contributed by atoms with Crippen molar-refractivity contribution in [1.82, 2.24) is 14.7 Å². The number of aliphatic hydroxyl groups excluding tert-OH is 1. The van der Waals surface area contributed by atoms with Gasteiger partial charge in [-0.1, -0.05) is 18.2 Å². The van der Waals surface area contributed by atoms with Crippen LogP contribution in [0.3, 0.4) is 0 Å². The molecular weight excluding hydrogens is 274 g/mol. The Kier molecular flexibility index (Phi) is 3.72. The molecule has 0 spiro atoms. The van der Waals surface area contributed by atoms with E-state index >= 15 is 0 Å². The second-order valence-corrected chi connectivity index (χ2v) is 6.53. The lowest BCUT2D eigenvalue weighted by atomic mass is 10.0. The van der Waals surface area contributed by atoms with Crippen molar-refractivity contribution in [2.45, 2.75) is 51.4 Å². The molecule has 2 aromatic rings. The molecule has 1 aliphatic carbocycles. The first-order valence-corrected chi connectivity index (χ1v) is 8.30. The normalized spacial score (nSPS) is 21.4. The van der Waals surface area contributed by atoms with Crippen LogP contribution in [0.1, 0.15) is 35.2 Å². The van der Waals surface area contributed by atoms with Gasteiger partial charge in [-0.05, 0) is 48.4 Å². The van der Waals surface area contributed by atoms with Crippen LogP contribution >= 0.6 is 0 Å². The number of aliphatic hydroxyl groups is 1. The lowest BCUT2D eigenvalue weighted by molar-refractivity contribution is 0.108. The van der Waals surface area contributed by atoms with Gasteiger partial charge >= 0.3 is 0 Å². The van der Waals surface area contributed by atoms with Crippen molar-refractivity contribution < 1.29 is 5.11 Å². The Bertz CT molecular complexity index is 664. The lowest BCUT2D eigenvalue weighted by Gasteiger charge is -2.28. The van der Waals surface area contributed by atoms with Crippen LogP contribution in [0, 0.1) is 0 Å². The highest BCUT2D eigenvalue weighted by Gasteiger charge is 2.24. The summed E-state index contributed by atoms with van der Waals surface area (Å²) in [5.74, 6) is 0. The molecule has 1 aromatic carbocycles. The smallest absolute Gasteiger partial charge is 0.0587 e. The van der Waals surface area contributed by atoms with Crippen molar-refractivity contribution in [2.75, 3.05) is 6.61 Å². The maximum Gasteiger partial charge on any atom is 0.0587 e. The summed E-state index contributed by atoms with van der Waals surface area (Å²) < 4.78 is 2.07. The Balaban J connectivity index is 1.57. The molecule has 1 N–H and O–H groups in total. The van der Waals surface area contributed by atoms with Gasteiger partial charge in [0.25, 0.3) is 0 Å². The molecule has 22 heavy (non-hydrogen) atoms. The van der Waals surface area contributed by atoms with Crippen LogP contribution in [0.25, 0.3) is 0 Å². The zero-order valence-electron chi connectivity index (χ0n) is 12.9. The number of benzene rings is 1. The van der Waals surface area contributed by atoms with Crippen LogP contribution in [-0.4, -0.2) is 32.4 Å². The molecule has 1 aliphatic heterocycles. The van der Waals surface area contributed by atoms with Crippen molar-refractivity contribution in [3.05, 3.63) is 52.8 Å². The molecule has 0 fully saturated rings. The third kappa shape index (κ3) is 2.57. The zero-order chi connectivity index (χ0) is 14.9. The number of rotatable bonds is 3. The molecule has 0 unspecified atom stereocenters. The van der Waals surface area contributed by atoms with Gasteiger partial charge in [0.1, 0.15) is 0 Å². The SMILES string of the molecule is OC[C@@H]1CCn2nccc2CN1Cc1ccc2c(c1)CCC2. The maximum absolute atomic E-state index is 9.76. The molecule has 0 saturated heterocycles. The predicted molar refractivity (Wildman–Crippen MR) is 85.4 cm³/mol. The minimum atomic E-state index is 0.218. The number of aromatic nitrogens is 2. The fourth-order valence-corrected chi connectivity index (χ4v) is 3.84. The number of nitrogens with zero attached hydrogens (tertiary/aromatic N) is 3. The highest BCUT2D eigenvalue weighted by molar-refractivity contribution is 5.35. The Labute approximate surface area is 131 Å². The van der Waals surface area contributed by atoms with Gasteiger partial charge in [0.2, 0.25) is 0 Å². The van der Waals surface area contributed by atoms with Crippen LogP contribution in [0.15, 0.2) is 30.5 Å². The van der Waals surface area contributed by atoms with E-state index in [2.05, 4.69) is 38.9 Å². The molecule has 2 heterocycles. The van der Waals surface area contributed by atoms with Crippen molar-refractivity contribution in [3.8, 4) is 0 Å². The van der Waals surface area contributed by atoms with E-state index < -0.39 is 0 Å². The van der Waals surface area contributed by atoms with Crippen molar-refractivity contribution in [1.29, 1.82) is 0 Å². The second-order valence-electron chi connectivity index (χ2n) is 6.53. The van der Waals surface area contributed by atoms with Crippen molar-refractivity contribution in [2.24, 2.45) is 0 Å². The Morgan fingerprint density at radius 3 is 3.00 bits per heavy atom. The van der Waals surface area contributed by atoms with Gasteiger partial charge in [-0.15, -0.1) is 0 Å². The third-order valence-corrected chi connectivity index (χ3v) is 5.12. The average molecular weight is 297 g/mol. The van der Waals surface area contributed by atoms with E-state index in [4.69, 9.17) is 0 Å². The standard InChI is InChI=1S/C18H23N3O/c22-13-18-7-9-21-17(6-8-19-21)12-20(18)11-14-4-5-15-2-1-3-16(15)10-14/h4-6,8,10,18,22H,1-3,7,9,11-13H2/t18-/m0/s1. The molecule has 0 bridgehead atoms. The maximum atomic E-state index is 9.76. The first kappa shape index (κ1) is 14.0. The van der Waals surface area contributed by atoms with Gasteiger partial charge in [0.15, 0.2) is 0 Å². The first-order valence-electron chi connectivity index (χ1n) is 8.30. The molecule has 0 amide bonds. The highest BCUT2D eigenvalue weighted by atomic mass is 16.3. The molecule has 1 atom stereocenters. The van der Waals surface area contributed by atoms with Gasteiger partial charge < -0.3 is 5.11 Å². The number of hydrogen-bond acceptors (Lipinski definition) is 3. The van der Waals surface area contributed by atoms with Gasteiger partial charge in [-0.3, -0.25) is 9.58 Å². The lowest BCUT2D eigenvalue weighted by Crippen LogP contribution is -2.36. The molecule has 0 radical (unpaired) electrons. The largest absolute Gasteiger partial charge is 0.395 e. The fourth-order valence-electron chi connectivity index (χ4n) is 3.84. The summed E-state index contributed by atoms with van der Waals surface area (Å²) in [5, 5.41) is 14.1. The quantitative estimate of drug-likeness (QED) is 0.943. The number of aryl methyl sites for hydroxylation is 3. The van der Waals surface area contributed by atoms with Gasteiger partial charge in [0, 0.05) is 31.9 Å². The predicted octanol–water partition coefficient (Wildman–Crippen LogP) is 2.14. The summed E-state index contributed by atoms with van der Waals surface area (Å²) in [6, 6.07) is 9.25. The van der Waals surface area contributed by atoms with Crippen LogP contribution in [0.5, 0.6) is 0 Å². The van der Waals surface area contributed by atoms with E-state index in [1.54, 1.807) is 0 Å². The van der Waals surface area contributed by atoms with Gasteiger partial charge in [0.05, 0.1) is 12.3 Å². The monoisotopic (exact) mass is 297 g/mol. The molecule has 4 rings (SSSR count). The summed E-state index contributed by atoms with van der Waals surface area (Å²) in [6.45, 7) is 2.88. The Morgan fingerprint density at radius 2 is 2.09 bits per heavy atom. The van der Waals surface area contributed by atoms with Gasteiger partial charge in [-0.25, -0.2) is 0 Å². The minimum absolute atomic E-state index is 0.218. The Hall–Kier alpha value is -1.65. The molecule has 116 valence electrons. The molecule has 4 nitrogen and oxygen atoms in total. The molecule has 0 saturated carbocycles. The van der Waals surface area contributed by atoms with Crippen molar-refractivity contribution in [3.63, 3.8) is 0 Å². The third-order valence-electron chi connectivity index (χ3n) is 5.12. The molecule has 2 aliphatic rings. The van der Waals surface area contributed by atoms with Crippen LogP contribution in [0.2, 0.25) is 0 Å². The fraction of sp³-hybridized carbons (Fsp3) is 0.500. The highest BCUT2D eigenvalue weighted by Crippen LogP contribution is 2.25. The molecule has 1 aromatic heterocycles. The van der Waals surface area contributed by atoms with E-state index in [9.17, 15) is 5.11 Å². The summed E-state index contributed by atoms with van der Waals surface area (Å²) in [5.41, 5.74) is 5.67. The van der Waals surface area contributed by atoms with Crippen molar-refractivity contribution >= 4 is 0 Å². The molecule has 4 heteroatoms. The summed E-state index contributed by atoms with van der Waals surface area (Å²) in [7, 11) is 0. The first-order chi connectivity index (χ1) is 10.8. The summed E-state index contributed by atoms with van der Waals surface area (Å²) in [4.78, 5) is 2.40. The van der Waals surface area contributed by atoms with Crippen LogP contribution in [-0.2, 0) is 32.5 Å². The topological polar surface area (TPSA) is 41.3 Å². The van der Waals surface area contributed by atoms with Crippen LogP contribution < -0.4 is 0 Å².